The molecule has 0 fully saturated rings. The highest BCUT2D eigenvalue weighted by atomic mass is 28.4. The quantitative estimate of drug-likeness (QED) is 0.459. The molecule has 1 N–H and O–H groups in total. The molecule has 5 heteroatoms. The van der Waals surface area contributed by atoms with Crippen LogP contribution in [0.2, 0.25) is 5.54 Å². The Morgan fingerprint density at radius 2 is 1.71 bits per heavy atom. The summed E-state index contributed by atoms with van der Waals surface area (Å²) in [5.41, 5.74) is 0.294. The van der Waals surface area contributed by atoms with E-state index >= 15 is 0 Å². The van der Waals surface area contributed by atoms with Crippen molar-refractivity contribution in [1.29, 1.82) is 5.41 Å². The Balaban J connectivity index is 4.65. The van der Waals surface area contributed by atoms with Gasteiger partial charge in [-0.15, -0.1) is 0 Å². The van der Waals surface area contributed by atoms with Gasteiger partial charge in [0.15, 0.2) is 0 Å². The van der Waals surface area contributed by atoms with Crippen LogP contribution in [-0.2, 0) is 13.3 Å². The minimum Gasteiger partial charge on any atom is -0.374 e. The van der Waals surface area contributed by atoms with Crippen molar-refractivity contribution in [3.8, 4) is 0 Å². The van der Waals surface area contributed by atoms with Crippen LogP contribution >= 0.6 is 0 Å². The Hall–Kier alpha value is -0.233. The van der Waals surface area contributed by atoms with Gasteiger partial charge in [0.1, 0.15) is 0 Å². The third kappa shape index (κ3) is 5.77. The van der Waals surface area contributed by atoms with Crippen molar-refractivity contribution in [3.05, 3.63) is 0 Å². The molecule has 0 heterocycles. The van der Waals surface area contributed by atoms with E-state index in [4.69, 9.17) is 18.7 Å². The molecular weight excluding hydrogens is 234 g/mol. The van der Waals surface area contributed by atoms with Gasteiger partial charge in [-0.05, 0) is 20.3 Å². The molecule has 102 valence electrons. The van der Waals surface area contributed by atoms with E-state index in [9.17, 15) is 0 Å². The highest BCUT2D eigenvalue weighted by Gasteiger charge is 2.46. The van der Waals surface area contributed by atoms with Crippen LogP contribution in [0, 0.1) is 5.41 Å². The third-order valence-corrected chi connectivity index (χ3v) is 6.10. The Labute approximate surface area is 107 Å². The van der Waals surface area contributed by atoms with Crippen molar-refractivity contribution >= 4 is 15.0 Å². The first-order valence-corrected chi connectivity index (χ1v) is 8.37. The molecule has 0 aromatic carbocycles. The predicted molar refractivity (Wildman–Crippen MR) is 72.7 cm³/mol. The molecule has 0 aliphatic heterocycles. The smallest absolute Gasteiger partial charge is 0.374 e. The molecule has 17 heavy (non-hydrogen) atoms. The van der Waals surface area contributed by atoms with Crippen molar-refractivity contribution in [2.75, 3.05) is 19.8 Å². The average Bonchev–Trinajstić information content (AvgIpc) is 2.33. The molecule has 4 nitrogen and oxygen atoms in total. The highest BCUT2D eigenvalue weighted by molar-refractivity contribution is 6.62. The van der Waals surface area contributed by atoms with Crippen LogP contribution in [0.5, 0.6) is 0 Å². The number of hydrogen-bond acceptors (Lipinski definition) is 4. The van der Waals surface area contributed by atoms with E-state index in [0.717, 1.165) is 19.3 Å². The molecule has 0 rings (SSSR count). The minimum atomic E-state index is -2.61. The zero-order valence-corrected chi connectivity index (χ0v) is 12.6. The zero-order valence-electron chi connectivity index (χ0n) is 11.6. The Morgan fingerprint density at radius 1 is 1.12 bits per heavy atom. The van der Waals surface area contributed by atoms with E-state index < -0.39 is 8.80 Å². The minimum absolute atomic E-state index is 0.280. The van der Waals surface area contributed by atoms with Crippen LogP contribution in [-0.4, -0.2) is 34.8 Å². The summed E-state index contributed by atoms with van der Waals surface area (Å²) < 4.78 is 17.4. The zero-order chi connectivity index (χ0) is 13.1. The molecule has 0 aromatic heterocycles. The Bertz CT molecular complexity index is 196. The van der Waals surface area contributed by atoms with Crippen LogP contribution in [0.25, 0.3) is 0 Å². The van der Waals surface area contributed by atoms with Crippen molar-refractivity contribution in [2.24, 2.45) is 0 Å². The molecule has 0 aromatic rings. The number of nitrogens with one attached hydrogen (secondary N) is 1. The Kier molecular flexibility index (Phi) is 9.63. The summed E-state index contributed by atoms with van der Waals surface area (Å²) in [7, 11) is -2.61. The molecule has 0 saturated heterocycles. The summed E-state index contributed by atoms with van der Waals surface area (Å²) in [4.78, 5) is 0. The van der Waals surface area contributed by atoms with Gasteiger partial charge in [-0.1, -0.05) is 26.7 Å². The van der Waals surface area contributed by atoms with Gasteiger partial charge < -0.3 is 18.7 Å². The number of rotatable bonds is 11. The van der Waals surface area contributed by atoms with Crippen LogP contribution in [0.1, 0.15) is 47.0 Å². The number of unbranched alkanes of at least 4 members (excludes halogenated alkanes) is 1. The summed E-state index contributed by atoms with van der Waals surface area (Å²) >= 11 is 0. The topological polar surface area (TPSA) is 51.5 Å². The molecule has 0 radical (unpaired) electrons. The lowest BCUT2D eigenvalue weighted by molar-refractivity contribution is 0.0691. The van der Waals surface area contributed by atoms with Crippen molar-refractivity contribution in [1.82, 2.24) is 0 Å². The Morgan fingerprint density at radius 3 is 2.12 bits per heavy atom. The molecule has 0 saturated carbocycles. The van der Waals surface area contributed by atoms with E-state index in [1.807, 2.05) is 13.8 Å². The summed E-state index contributed by atoms with van der Waals surface area (Å²) in [6.07, 6.45) is 4.63. The maximum absolute atomic E-state index is 7.09. The summed E-state index contributed by atoms with van der Waals surface area (Å²) in [6, 6.07) is 0. The lowest BCUT2D eigenvalue weighted by Crippen LogP contribution is -2.50. The van der Waals surface area contributed by atoms with Gasteiger partial charge in [0.05, 0.1) is 6.61 Å². The monoisotopic (exact) mass is 261 g/mol. The predicted octanol–water partition coefficient (Wildman–Crippen LogP) is 3.24. The maximum Gasteiger partial charge on any atom is 0.504 e. The van der Waals surface area contributed by atoms with Crippen molar-refractivity contribution in [3.63, 3.8) is 0 Å². The van der Waals surface area contributed by atoms with Crippen molar-refractivity contribution < 1.29 is 13.3 Å². The van der Waals surface area contributed by atoms with Crippen molar-refractivity contribution in [2.45, 2.75) is 52.5 Å². The molecule has 0 aliphatic rings. The third-order valence-electron chi connectivity index (χ3n) is 2.65. The van der Waals surface area contributed by atoms with E-state index in [0.29, 0.717) is 18.8 Å². The van der Waals surface area contributed by atoms with E-state index in [1.165, 1.54) is 6.21 Å². The average molecular weight is 261 g/mol. The van der Waals surface area contributed by atoms with Gasteiger partial charge in [0, 0.05) is 25.0 Å². The van der Waals surface area contributed by atoms with E-state index in [1.54, 1.807) is 0 Å². The first kappa shape index (κ1) is 16.8. The summed E-state index contributed by atoms with van der Waals surface area (Å²) in [5.74, 6) is 0. The first-order valence-electron chi connectivity index (χ1n) is 6.57. The number of hydrogen-bond donors (Lipinski definition) is 1. The molecule has 0 amide bonds. The van der Waals surface area contributed by atoms with Crippen LogP contribution < -0.4 is 0 Å². The van der Waals surface area contributed by atoms with Gasteiger partial charge in [0.25, 0.3) is 0 Å². The van der Waals surface area contributed by atoms with Crippen LogP contribution in [0.15, 0.2) is 0 Å². The SMILES string of the molecule is CCCCC(C)[Si](OCC)(OCC)OCC=N. The van der Waals surface area contributed by atoms with E-state index in [-0.39, 0.29) is 6.61 Å². The fraction of sp³-hybridized carbons (Fsp3) is 0.917. The van der Waals surface area contributed by atoms with Crippen LogP contribution in [0.3, 0.4) is 0 Å². The van der Waals surface area contributed by atoms with Gasteiger partial charge in [-0.3, -0.25) is 0 Å². The standard InChI is InChI=1S/C12H27NO3Si/c1-5-8-9-12(4)17(14-6-2,15-7-3)16-11-10-13/h10,12-13H,5-9,11H2,1-4H3. The summed E-state index contributed by atoms with van der Waals surface area (Å²) in [5, 5.41) is 7.09. The second-order valence-electron chi connectivity index (χ2n) is 4.03. The second-order valence-corrected chi connectivity index (χ2v) is 7.09. The van der Waals surface area contributed by atoms with Crippen LogP contribution in [0.4, 0.5) is 0 Å². The fourth-order valence-corrected chi connectivity index (χ4v) is 4.58. The lowest BCUT2D eigenvalue weighted by atomic mass is 10.2. The van der Waals surface area contributed by atoms with E-state index in [2.05, 4.69) is 13.8 Å². The molecule has 1 unspecified atom stereocenters. The summed E-state index contributed by atoms with van der Waals surface area (Å²) in [6.45, 7) is 9.71. The lowest BCUT2D eigenvalue weighted by Gasteiger charge is -2.33. The fourth-order valence-electron chi connectivity index (χ4n) is 1.80. The second kappa shape index (κ2) is 9.76. The molecule has 0 spiro atoms. The largest absolute Gasteiger partial charge is 0.504 e. The molecular formula is C12H27NO3Si. The first-order chi connectivity index (χ1) is 8.16. The maximum atomic E-state index is 7.09. The van der Waals surface area contributed by atoms with Gasteiger partial charge >= 0.3 is 8.80 Å². The molecule has 0 aliphatic carbocycles. The highest BCUT2D eigenvalue weighted by Crippen LogP contribution is 2.30. The van der Waals surface area contributed by atoms with Gasteiger partial charge in [0.2, 0.25) is 0 Å². The molecule has 0 bridgehead atoms. The van der Waals surface area contributed by atoms with Gasteiger partial charge in [-0.2, -0.15) is 0 Å². The normalized spacial score (nSPS) is 13.6. The molecule has 1 atom stereocenters. The van der Waals surface area contributed by atoms with Gasteiger partial charge in [-0.25, -0.2) is 0 Å².